The smallest absolute Gasteiger partial charge is 0.294 e. The van der Waals surface area contributed by atoms with Gasteiger partial charge in [-0.1, -0.05) is 11.6 Å². The SMILES string of the molecule is O=C(c1nn(-c2cc(Cl)ccc2[N+](=O)[O-])cc1O)N1CCN(CC2CCOC2)CC1. The molecular weight excluding hydrogens is 414 g/mol. The Morgan fingerprint density at radius 2 is 2.10 bits per heavy atom. The minimum atomic E-state index is -0.569. The predicted octanol–water partition coefficient (Wildman–Crippen LogP) is 1.93. The second kappa shape index (κ2) is 8.58. The van der Waals surface area contributed by atoms with Crippen molar-refractivity contribution in [2.75, 3.05) is 45.9 Å². The molecule has 0 saturated carbocycles. The molecule has 11 heteroatoms. The monoisotopic (exact) mass is 435 g/mol. The number of aromatic nitrogens is 2. The van der Waals surface area contributed by atoms with Gasteiger partial charge in [-0.2, -0.15) is 5.10 Å². The van der Waals surface area contributed by atoms with Crippen LogP contribution in [0.3, 0.4) is 0 Å². The highest BCUT2D eigenvalue weighted by molar-refractivity contribution is 6.30. The number of hydrogen-bond donors (Lipinski definition) is 1. The molecule has 0 radical (unpaired) electrons. The first kappa shape index (κ1) is 20.6. The van der Waals surface area contributed by atoms with E-state index < -0.39 is 10.8 Å². The lowest BCUT2D eigenvalue weighted by Gasteiger charge is -2.35. The van der Waals surface area contributed by atoms with Crippen LogP contribution >= 0.6 is 11.6 Å². The second-order valence-electron chi connectivity index (χ2n) is 7.52. The van der Waals surface area contributed by atoms with E-state index in [1.54, 1.807) is 4.90 Å². The van der Waals surface area contributed by atoms with Gasteiger partial charge in [0.1, 0.15) is 5.69 Å². The lowest BCUT2D eigenvalue weighted by atomic mass is 10.1. The maximum absolute atomic E-state index is 12.9. The summed E-state index contributed by atoms with van der Waals surface area (Å²) in [5.74, 6) is -0.194. The van der Waals surface area contributed by atoms with Crippen molar-refractivity contribution in [3.8, 4) is 11.4 Å². The molecular formula is C19H22ClN5O5. The number of aromatic hydroxyl groups is 1. The van der Waals surface area contributed by atoms with Crippen molar-refractivity contribution in [3.63, 3.8) is 0 Å². The van der Waals surface area contributed by atoms with E-state index in [4.69, 9.17) is 16.3 Å². The van der Waals surface area contributed by atoms with Crippen LogP contribution in [0.25, 0.3) is 5.69 Å². The Morgan fingerprint density at radius 3 is 2.77 bits per heavy atom. The molecule has 1 unspecified atom stereocenters. The fourth-order valence-corrected chi connectivity index (χ4v) is 4.02. The van der Waals surface area contributed by atoms with Crippen LogP contribution in [0, 0.1) is 16.0 Å². The van der Waals surface area contributed by atoms with E-state index in [9.17, 15) is 20.0 Å². The Morgan fingerprint density at radius 1 is 1.33 bits per heavy atom. The van der Waals surface area contributed by atoms with Gasteiger partial charge >= 0.3 is 0 Å². The van der Waals surface area contributed by atoms with Gasteiger partial charge in [0.05, 0.1) is 17.7 Å². The molecule has 1 N–H and O–H groups in total. The first-order chi connectivity index (χ1) is 14.4. The van der Waals surface area contributed by atoms with Crippen molar-refractivity contribution in [1.82, 2.24) is 19.6 Å². The highest BCUT2D eigenvalue weighted by atomic mass is 35.5. The molecule has 10 nitrogen and oxygen atoms in total. The summed E-state index contributed by atoms with van der Waals surface area (Å²) in [5.41, 5.74) is -0.294. The standard InChI is InChI=1S/C19H22ClN5O5/c20-14-1-2-15(25(28)29)16(9-14)24-11-17(26)18(21-24)19(27)23-6-4-22(5-7-23)10-13-3-8-30-12-13/h1-2,9,11,13,26H,3-8,10,12H2. The molecule has 1 aromatic carbocycles. The molecule has 2 fully saturated rings. The highest BCUT2D eigenvalue weighted by Crippen LogP contribution is 2.28. The summed E-state index contributed by atoms with van der Waals surface area (Å²) in [7, 11) is 0. The Labute approximate surface area is 177 Å². The third-order valence-corrected chi connectivity index (χ3v) is 5.71. The summed E-state index contributed by atoms with van der Waals surface area (Å²) in [5, 5.41) is 26.0. The van der Waals surface area contributed by atoms with Gasteiger partial charge < -0.3 is 14.7 Å². The number of amides is 1. The average molecular weight is 436 g/mol. The summed E-state index contributed by atoms with van der Waals surface area (Å²) in [6, 6.07) is 4.02. The van der Waals surface area contributed by atoms with Crippen molar-refractivity contribution in [3.05, 3.63) is 45.2 Å². The maximum atomic E-state index is 12.9. The van der Waals surface area contributed by atoms with Crippen molar-refractivity contribution < 1.29 is 19.6 Å². The van der Waals surface area contributed by atoms with Gasteiger partial charge in [0.2, 0.25) is 0 Å². The molecule has 1 amide bonds. The van der Waals surface area contributed by atoms with E-state index in [-0.39, 0.29) is 27.8 Å². The van der Waals surface area contributed by atoms with E-state index in [0.717, 1.165) is 44.0 Å². The maximum Gasteiger partial charge on any atom is 0.294 e. The van der Waals surface area contributed by atoms with Gasteiger partial charge in [0.25, 0.3) is 11.6 Å². The Kier molecular flexibility index (Phi) is 5.89. The van der Waals surface area contributed by atoms with Crippen molar-refractivity contribution >= 4 is 23.2 Å². The molecule has 2 saturated heterocycles. The number of nitrogens with zero attached hydrogens (tertiary/aromatic N) is 5. The molecule has 30 heavy (non-hydrogen) atoms. The molecule has 1 atom stereocenters. The zero-order chi connectivity index (χ0) is 21.3. The van der Waals surface area contributed by atoms with Gasteiger partial charge in [0.15, 0.2) is 11.4 Å². The predicted molar refractivity (Wildman–Crippen MR) is 108 cm³/mol. The molecule has 0 aliphatic carbocycles. The van der Waals surface area contributed by atoms with Crippen molar-refractivity contribution in [2.24, 2.45) is 5.92 Å². The molecule has 160 valence electrons. The third kappa shape index (κ3) is 4.25. The molecule has 0 bridgehead atoms. The first-order valence-corrected chi connectivity index (χ1v) is 10.1. The molecule has 2 aliphatic heterocycles. The largest absolute Gasteiger partial charge is 0.504 e. The summed E-state index contributed by atoms with van der Waals surface area (Å²) in [6.45, 7) is 5.09. The molecule has 2 aromatic rings. The van der Waals surface area contributed by atoms with Crippen LogP contribution in [0.5, 0.6) is 5.75 Å². The summed E-state index contributed by atoms with van der Waals surface area (Å²) in [6.07, 6.45) is 2.25. The minimum absolute atomic E-state index is 0.0745. The number of nitro groups is 1. The number of ether oxygens (including phenoxy) is 1. The van der Waals surface area contributed by atoms with E-state index in [2.05, 4.69) is 10.00 Å². The first-order valence-electron chi connectivity index (χ1n) is 9.74. The van der Waals surface area contributed by atoms with Crippen LogP contribution < -0.4 is 0 Å². The molecule has 1 aromatic heterocycles. The molecule has 4 rings (SSSR count). The summed E-state index contributed by atoms with van der Waals surface area (Å²) in [4.78, 5) is 27.6. The van der Waals surface area contributed by atoms with Crippen LogP contribution in [-0.4, -0.2) is 81.5 Å². The molecule has 0 spiro atoms. The van der Waals surface area contributed by atoms with Gasteiger partial charge in [-0.25, -0.2) is 4.68 Å². The zero-order valence-electron chi connectivity index (χ0n) is 16.2. The number of rotatable bonds is 5. The van der Waals surface area contributed by atoms with Crippen molar-refractivity contribution in [1.29, 1.82) is 0 Å². The van der Waals surface area contributed by atoms with Gasteiger partial charge in [-0.15, -0.1) is 0 Å². The van der Waals surface area contributed by atoms with Crippen LogP contribution in [0.4, 0.5) is 5.69 Å². The molecule has 3 heterocycles. The third-order valence-electron chi connectivity index (χ3n) is 5.48. The average Bonchev–Trinajstić information content (AvgIpc) is 3.37. The Balaban J connectivity index is 1.47. The minimum Gasteiger partial charge on any atom is -0.504 e. The number of carbonyl (C=O) groups is 1. The van der Waals surface area contributed by atoms with E-state index >= 15 is 0 Å². The lowest BCUT2D eigenvalue weighted by Crippen LogP contribution is -2.50. The number of halogens is 1. The number of piperazine rings is 1. The van der Waals surface area contributed by atoms with Crippen LogP contribution in [0.1, 0.15) is 16.9 Å². The highest BCUT2D eigenvalue weighted by Gasteiger charge is 2.29. The number of benzene rings is 1. The second-order valence-corrected chi connectivity index (χ2v) is 7.96. The van der Waals surface area contributed by atoms with E-state index in [1.807, 2.05) is 0 Å². The van der Waals surface area contributed by atoms with Gasteiger partial charge in [0, 0.05) is 50.4 Å². The molecule has 2 aliphatic rings. The van der Waals surface area contributed by atoms with Crippen LogP contribution in [0.2, 0.25) is 5.02 Å². The summed E-state index contributed by atoms with van der Waals surface area (Å²) >= 11 is 5.96. The number of hydrogen-bond acceptors (Lipinski definition) is 7. The summed E-state index contributed by atoms with van der Waals surface area (Å²) < 4.78 is 6.53. The fraction of sp³-hybridized carbons (Fsp3) is 0.474. The normalized spacial score (nSPS) is 19.9. The number of carbonyl (C=O) groups excluding carboxylic acids is 1. The van der Waals surface area contributed by atoms with E-state index in [1.165, 1.54) is 24.4 Å². The van der Waals surface area contributed by atoms with Crippen molar-refractivity contribution in [2.45, 2.75) is 6.42 Å². The number of nitro benzene ring substituents is 1. The fourth-order valence-electron chi connectivity index (χ4n) is 3.85. The Hall–Kier alpha value is -2.69. The van der Waals surface area contributed by atoms with Gasteiger partial charge in [-0.05, 0) is 24.5 Å². The Bertz CT molecular complexity index is 951. The van der Waals surface area contributed by atoms with Crippen LogP contribution in [-0.2, 0) is 4.74 Å². The van der Waals surface area contributed by atoms with Gasteiger partial charge in [-0.3, -0.25) is 19.8 Å². The lowest BCUT2D eigenvalue weighted by molar-refractivity contribution is -0.384. The quantitative estimate of drug-likeness (QED) is 0.563. The van der Waals surface area contributed by atoms with Crippen LogP contribution in [0.15, 0.2) is 24.4 Å². The van der Waals surface area contributed by atoms with E-state index in [0.29, 0.717) is 19.0 Å². The zero-order valence-corrected chi connectivity index (χ0v) is 17.0. The topological polar surface area (TPSA) is 114 Å².